The van der Waals surface area contributed by atoms with Crippen LogP contribution in [0.1, 0.15) is 33.1 Å². The molecule has 70 valence electrons. The molecule has 1 fully saturated rings. The van der Waals surface area contributed by atoms with Crippen molar-refractivity contribution >= 4 is 5.91 Å². The predicted molar refractivity (Wildman–Crippen MR) is 48.6 cm³/mol. The van der Waals surface area contributed by atoms with Gasteiger partial charge in [0.1, 0.15) is 0 Å². The number of carbonyl (C=O) groups excluding carboxylic acids is 1. The Kier molecular flexibility index (Phi) is 3.09. The van der Waals surface area contributed by atoms with Crippen LogP contribution in [0.5, 0.6) is 0 Å². The molecule has 3 nitrogen and oxygen atoms in total. The Hall–Kier alpha value is -0.570. The standard InChI is InChI=1S/C9H18N2O/c1-6-4-3-5-8(6)11-7(2)9(10)12/h6-8,11H,3-5H2,1-2H3,(H2,10,12). The number of amides is 1. The zero-order valence-electron chi connectivity index (χ0n) is 7.84. The minimum Gasteiger partial charge on any atom is -0.368 e. The quantitative estimate of drug-likeness (QED) is 0.653. The molecule has 1 aliphatic carbocycles. The lowest BCUT2D eigenvalue weighted by molar-refractivity contribution is -0.119. The Morgan fingerprint density at radius 2 is 2.25 bits per heavy atom. The van der Waals surface area contributed by atoms with E-state index in [9.17, 15) is 4.79 Å². The Morgan fingerprint density at radius 3 is 2.67 bits per heavy atom. The van der Waals surface area contributed by atoms with Gasteiger partial charge in [-0.05, 0) is 25.7 Å². The van der Waals surface area contributed by atoms with Gasteiger partial charge in [-0.3, -0.25) is 4.79 Å². The fourth-order valence-corrected chi connectivity index (χ4v) is 1.80. The van der Waals surface area contributed by atoms with Crippen molar-refractivity contribution in [2.24, 2.45) is 11.7 Å². The van der Waals surface area contributed by atoms with Crippen LogP contribution in [0.25, 0.3) is 0 Å². The average Bonchev–Trinajstić information content (AvgIpc) is 2.36. The van der Waals surface area contributed by atoms with E-state index < -0.39 is 0 Å². The molecule has 3 unspecified atom stereocenters. The summed E-state index contributed by atoms with van der Waals surface area (Å²) in [7, 11) is 0. The molecule has 0 radical (unpaired) electrons. The minimum atomic E-state index is -0.255. The smallest absolute Gasteiger partial charge is 0.234 e. The van der Waals surface area contributed by atoms with Crippen molar-refractivity contribution < 1.29 is 4.79 Å². The molecule has 0 bridgehead atoms. The molecule has 0 heterocycles. The largest absolute Gasteiger partial charge is 0.368 e. The van der Waals surface area contributed by atoms with Gasteiger partial charge in [0.15, 0.2) is 0 Å². The first-order valence-electron chi connectivity index (χ1n) is 4.66. The Balaban J connectivity index is 2.35. The van der Waals surface area contributed by atoms with Crippen LogP contribution >= 0.6 is 0 Å². The van der Waals surface area contributed by atoms with Crippen molar-refractivity contribution in [3.63, 3.8) is 0 Å². The molecule has 0 aromatic carbocycles. The average molecular weight is 170 g/mol. The molecule has 1 amide bonds. The molecule has 3 N–H and O–H groups in total. The fourth-order valence-electron chi connectivity index (χ4n) is 1.80. The molecule has 0 saturated heterocycles. The van der Waals surface area contributed by atoms with E-state index in [4.69, 9.17) is 5.73 Å². The van der Waals surface area contributed by atoms with Gasteiger partial charge in [0, 0.05) is 6.04 Å². The number of rotatable bonds is 3. The van der Waals surface area contributed by atoms with Crippen molar-refractivity contribution in [3.05, 3.63) is 0 Å². The van der Waals surface area contributed by atoms with Crippen molar-refractivity contribution in [2.75, 3.05) is 0 Å². The molecule has 12 heavy (non-hydrogen) atoms. The highest BCUT2D eigenvalue weighted by atomic mass is 16.1. The van der Waals surface area contributed by atoms with E-state index in [0.717, 1.165) is 0 Å². The van der Waals surface area contributed by atoms with Crippen LogP contribution in [0, 0.1) is 5.92 Å². The summed E-state index contributed by atoms with van der Waals surface area (Å²) in [5, 5.41) is 3.25. The second-order valence-corrected chi connectivity index (χ2v) is 3.81. The Morgan fingerprint density at radius 1 is 1.58 bits per heavy atom. The molecule has 0 spiro atoms. The van der Waals surface area contributed by atoms with E-state index in [1.807, 2.05) is 6.92 Å². The van der Waals surface area contributed by atoms with Gasteiger partial charge >= 0.3 is 0 Å². The van der Waals surface area contributed by atoms with E-state index in [-0.39, 0.29) is 11.9 Å². The van der Waals surface area contributed by atoms with Crippen LogP contribution in [0.3, 0.4) is 0 Å². The summed E-state index contributed by atoms with van der Waals surface area (Å²) < 4.78 is 0. The van der Waals surface area contributed by atoms with E-state index in [0.29, 0.717) is 12.0 Å². The third-order valence-corrected chi connectivity index (χ3v) is 2.75. The maximum atomic E-state index is 10.8. The van der Waals surface area contributed by atoms with Gasteiger partial charge < -0.3 is 11.1 Å². The van der Waals surface area contributed by atoms with E-state index >= 15 is 0 Å². The summed E-state index contributed by atoms with van der Waals surface area (Å²) in [5.74, 6) is 0.431. The van der Waals surface area contributed by atoms with Crippen LogP contribution in [0.2, 0.25) is 0 Å². The van der Waals surface area contributed by atoms with Crippen LogP contribution < -0.4 is 11.1 Å². The fraction of sp³-hybridized carbons (Fsp3) is 0.889. The second kappa shape index (κ2) is 3.90. The van der Waals surface area contributed by atoms with Crippen molar-refractivity contribution in [1.29, 1.82) is 0 Å². The minimum absolute atomic E-state index is 0.185. The molecular weight excluding hydrogens is 152 g/mol. The van der Waals surface area contributed by atoms with Crippen LogP contribution in [0.4, 0.5) is 0 Å². The topological polar surface area (TPSA) is 55.1 Å². The number of primary amides is 1. The number of nitrogens with two attached hydrogens (primary N) is 1. The van der Waals surface area contributed by atoms with Gasteiger partial charge in [0.05, 0.1) is 6.04 Å². The van der Waals surface area contributed by atoms with Gasteiger partial charge in [-0.25, -0.2) is 0 Å². The lowest BCUT2D eigenvalue weighted by atomic mass is 10.1. The molecule has 1 rings (SSSR count). The molecule has 1 aliphatic rings. The number of hydrogen-bond donors (Lipinski definition) is 2. The van der Waals surface area contributed by atoms with Gasteiger partial charge in [-0.1, -0.05) is 13.3 Å². The lowest BCUT2D eigenvalue weighted by Crippen LogP contribution is -2.45. The third kappa shape index (κ3) is 2.21. The molecule has 0 aliphatic heterocycles. The van der Waals surface area contributed by atoms with Gasteiger partial charge in [0.2, 0.25) is 5.91 Å². The number of hydrogen-bond acceptors (Lipinski definition) is 2. The van der Waals surface area contributed by atoms with Crippen molar-refractivity contribution in [2.45, 2.75) is 45.2 Å². The van der Waals surface area contributed by atoms with Crippen LogP contribution in [0.15, 0.2) is 0 Å². The van der Waals surface area contributed by atoms with Crippen LogP contribution in [-0.2, 0) is 4.79 Å². The van der Waals surface area contributed by atoms with E-state index in [1.165, 1.54) is 19.3 Å². The van der Waals surface area contributed by atoms with Crippen molar-refractivity contribution in [1.82, 2.24) is 5.32 Å². The molecule has 0 aromatic rings. The molecule has 0 aromatic heterocycles. The summed E-state index contributed by atoms with van der Waals surface area (Å²) >= 11 is 0. The monoisotopic (exact) mass is 170 g/mol. The second-order valence-electron chi connectivity index (χ2n) is 3.81. The zero-order valence-corrected chi connectivity index (χ0v) is 7.84. The highest BCUT2D eigenvalue weighted by Crippen LogP contribution is 2.24. The first-order chi connectivity index (χ1) is 5.61. The summed E-state index contributed by atoms with van der Waals surface area (Å²) in [5.41, 5.74) is 5.16. The summed E-state index contributed by atoms with van der Waals surface area (Å²) in [4.78, 5) is 10.8. The summed E-state index contributed by atoms with van der Waals surface area (Å²) in [6, 6.07) is 0.308. The zero-order chi connectivity index (χ0) is 9.14. The van der Waals surface area contributed by atoms with Crippen molar-refractivity contribution in [3.8, 4) is 0 Å². The first kappa shape index (κ1) is 9.52. The highest BCUT2D eigenvalue weighted by Gasteiger charge is 2.25. The lowest BCUT2D eigenvalue weighted by Gasteiger charge is -2.20. The molecule has 1 saturated carbocycles. The summed E-state index contributed by atoms with van der Waals surface area (Å²) in [6.45, 7) is 4.05. The number of nitrogens with one attached hydrogen (secondary N) is 1. The van der Waals surface area contributed by atoms with E-state index in [2.05, 4.69) is 12.2 Å². The first-order valence-corrected chi connectivity index (χ1v) is 4.66. The highest BCUT2D eigenvalue weighted by molar-refractivity contribution is 5.79. The predicted octanol–water partition coefficient (Wildman–Crippen LogP) is 0.638. The summed E-state index contributed by atoms with van der Waals surface area (Å²) in [6.07, 6.45) is 3.71. The molecule has 3 atom stereocenters. The van der Waals surface area contributed by atoms with Crippen LogP contribution in [-0.4, -0.2) is 18.0 Å². The third-order valence-electron chi connectivity index (χ3n) is 2.75. The Labute approximate surface area is 73.7 Å². The maximum Gasteiger partial charge on any atom is 0.234 e. The van der Waals surface area contributed by atoms with Gasteiger partial charge in [-0.2, -0.15) is 0 Å². The molecular formula is C9H18N2O. The normalized spacial score (nSPS) is 31.8. The van der Waals surface area contributed by atoms with Gasteiger partial charge in [-0.15, -0.1) is 0 Å². The van der Waals surface area contributed by atoms with Gasteiger partial charge in [0.25, 0.3) is 0 Å². The SMILES string of the molecule is CC(NC1CCCC1C)C(N)=O. The number of carbonyl (C=O) groups is 1. The molecule has 3 heteroatoms. The maximum absolute atomic E-state index is 10.8. The van der Waals surface area contributed by atoms with E-state index in [1.54, 1.807) is 0 Å². The Bertz CT molecular complexity index is 170.